The quantitative estimate of drug-likeness (QED) is 0.419. The van der Waals surface area contributed by atoms with Gasteiger partial charge in [-0.25, -0.2) is 0 Å². The molecule has 0 radical (unpaired) electrons. The van der Waals surface area contributed by atoms with Gasteiger partial charge in [0.05, 0.1) is 12.2 Å². The fourth-order valence-electron chi connectivity index (χ4n) is 5.65. The summed E-state index contributed by atoms with van der Waals surface area (Å²) in [6, 6.07) is 14.0. The highest BCUT2D eigenvalue weighted by atomic mass is 16.8. The van der Waals surface area contributed by atoms with Crippen LogP contribution in [0.3, 0.4) is 0 Å². The van der Waals surface area contributed by atoms with Crippen LogP contribution in [0.1, 0.15) is 74.8 Å². The first kappa shape index (κ1) is 29.7. The molecule has 2 aromatic rings. The van der Waals surface area contributed by atoms with E-state index in [9.17, 15) is 19.5 Å². The maximum atomic E-state index is 12.1. The van der Waals surface area contributed by atoms with Gasteiger partial charge in [0.25, 0.3) is 0 Å². The Labute approximate surface area is 234 Å². The van der Waals surface area contributed by atoms with E-state index in [0.29, 0.717) is 24.8 Å². The summed E-state index contributed by atoms with van der Waals surface area (Å²) in [7, 11) is 0. The molecule has 0 aliphatic carbocycles. The van der Waals surface area contributed by atoms with E-state index in [1.54, 1.807) is 13.8 Å². The van der Waals surface area contributed by atoms with E-state index in [0.717, 1.165) is 22.3 Å². The van der Waals surface area contributed by atoms with Gasteiger partial charge in [0, 0.05) is 32.3 Å². The SMILES string of the molecule is CC(=O)O[C@@H]1C[C@@]2(c3ccc(C)c(Cc4ccc(CCCC(=O)O)cc4)c3)OC[C@](C(C)(C)O)(O2)[C@H]1OC(C)=O. The topological polar surface area (TPSA) is 129 Å². The number of esters is 2. The molecule has 4 rings (SSSR count). The van der Waals surface area contributed by atoms with E-state index >= 15 is 0 Å². The number of carbonyl (C=O) groups excluding carboxylic acids is 2. The lowest BCUT2D eigenvalue weighted by molar-refractivity contribution is -0.312. The van der Waals surface area contributed by atoms with Crippen molar-refractivity contribution in [2.75, 3.05) is 6.61 Å². The molecule has 2 N–H and O–H groups in total. The molecule has 9 nitrogen and oxygen atoms in total. The number of aliphatic carboxylic acids is 1. The summed E-state index contributed by atoms with van der Waals surface area (Å²) < 4.78 is 24.1. The molecule has 4 atom stereocenters. The van der Waals surface area contributed by atoms with Gasteiger partial charge < -0.3 is 29.2 Å². The molecule has 0 unspecified atom stereocenters. The van der Waals surface area contributed by atoms with E-state index in [2.05, 4.69) is 0 Å². The molecule has 2 aliphatic rings. The summed E-state index contributed by atoms with van der Waals surface area (Å²) >= 11 is 0. The van der Waals surface area contributed by atoms with Gasteiger partial charge in [0.15, 0.2) is 17.5 Å². The molecule has 2 saturated heterocycles. The fraction of sp³-hybridized carbons (Fsp3) is 0.516. The third-order valence-corrected chi connectivity index (χ3v) is 7.84. The lowest BCUT2D eigenvalue weighted by Gasteiger charge is -2.50. The molecule has 2 fully saturated rings. The average molecular weight is 555 g/mol. The number of hydrogen-bond acceptors (Lipinski definition) is 8. The average Bonchev–Trinajstić information content (AvgIpc) is 3.20. The molecular formula is C31H38O9. The molecule has 216 valence electrons. The number of hydrogen-bond donors (Lipinski definition) is 2. The second-order valence-corrected chi connectivity index (χ2v) is 11.4. The first-order chi connectivity index (χ1) is 18.7. The van der Waals surface area contributed by atoms with Crippen LogP contribution in [-0.2, 0) is 52.0 Å². The van der Waals surface area contributed by atoms with E-state index in [4.69, 9.17) is 24.1 Å². The summed E-state index contributed by atoms with van der Waals surface area (Å²) in [5.41, 5.74) is 2.03. The normalized spacial score (nSPS) is 25.9. The number of rotatable bonds is 10. The van der Waals surface area contributed by atoms with Crippen LogP contribution in [0.5, 0.6) is 0 Å². The lowest BCUT2D eigenvalue weighted by atomic mass is 9.76. The molecule has 0 saturated carbocycles. The van der Waals surface area contributed by atoms with Crippen LogP contribution in [0.25, 0.3) is 0 Å². The Morgan fingerprint density at radius 3 is 2.27 bits per heavy atom. The summed E-state index contributed by atoms with van der Waals surface area (Å²) in [5.74, 6) is -3.24. The Hall–Kier alpha value is -3.27. The Kier molecular flexibility index (Phi) is 8.40. The molecule has 0 aromatic heterocycles. The summed E-state index contributed by atoms with van der Waals surface area (Å²) in [4.78, 5) is 34.9. The first-order valence-corrected chi connectivity index (χ1v) is 13.6. The van der Waals surface area contributed by atoms with Gasteiger partial charge >= 0.3 is 17.9 Å². The van der Waals surface area contributed by atoms with Crippen LogP contribution >= 0.6 is 0 Å². The van der Waals surface area contributed by atoms with Crippen LogP contribution in [0, 0.1) is 6.92 Å². The van der Waals surface area contributed by atoms with Crippen LogP contribution in [-0.4, -0.2) is 58.1 Å². The number of carbonyl (C=O) groups is 3. The highest BCUT2D eigenvalue weighted by Crippen LogP contribution is 2.54. The zero-order chi connectivity index (χ0) is 29.3. The third-order valence-electron chi connectivity index (χ3n) is 7.84. The van der Waals surface area contributed by atoms with E-state index in [1.807, 2.05) is 49.4 Å². The molecule has 2 heterocycles. The van der Waals surface area contributed by atoms with Crippen LogP contribution in [0.4, 0.5) is 0 Å². The van der Waals surface area contributed by atoms with Crippen molar-refractivity contribution in [3.8, 4) is 0 Å². The van der Waals surface area contributed by atoms with Crippen molar-refractivity contribution in [2.24, 2.45) is 0 Å². The fourth-order valence-corrected chi connectivity index (χ4v) is 5.65. The smallest absolute Gasteiger partial charge is 0.303 e. The molecule has 0 spiro atoms. The van der Waals surface area contributed by atoms with Gasteiger partial charge in [-0.3, -0.25) is 14.4 Å². The number of aliphatic hydroxyl groups is 1. The van der Waals surface area contributed by atoms with Crippen molar-refractivity contribution in [2.45, 2.75) is 95.9 Å². The molecule has 2 aliphatic heterocycles. The van der Waals surface area contributed by atoms with Crippen molar-refractivity contribution < 1.29 is 43.5 Å². The number of carboxylic acids is 1. The third kappa shape index (κ3) is 6.06. The highest BCUT2D eigenvalue weighted by Gasteiger charge is 2.70. The molecule has 2 aromatic carbocycles. The summed E-state index contributed by atoms with van der Waals surface area (Å²) in [6.45, 7) is 7.62. The van der Waals surface area contributed by atoms with E-state index < -0.39 is 47.1 Å². The van der Waals surface area contributed by atoms with Gasteiger partial charge in [0.2, 0.25) is 0 Å². The molecule has 40 heavy (non-hydrogen) atoms. The standard InChI is InChI=1S/C31H38O9/c1-19-9-14-25(16-24(19)15-23-12-10-22(11-13-23)7-6-8-27(34)35)31-17-26(38-20(2)32)28(39-21(3)33)30(40-31,18-37-31)29(4,5)36/h9-14,16,26,28,36H,6-8,15,17-18H2,1-5H3,(H,34,35)/t26-,28+,30+,31-/m1/s1. The monoisotopic (exact) mass is 554 g/mol. The second-order valence-electron chi connectivity index (χ2n) is 11.4. The lowest BCUT2D eigenvalue weighted by Crippen LogP contribution is -2.68. The second kappa shape index (κ2) is 11.3. The zero-order valence-electron chi connectivity index (χ0n) is 23.7. The molecule has 9 heteroatoms. The summed E-state index contributed by atoms with van der Waals surface area (Å²) in [6.07, 6.45) is 0.205. The van der Waals surface area contributed by atoms with Crippen LogP contribution in [0.2, 0.25) is 0 Å². The number of benzene rings is 2. The minimum atomic E-state index is -1.51. The minimum Gasteiger partial charge on any atom is -0.481 e. The highest BCUT2D eigenvalue weighted by molar-refractivity contribution is 5.68. The predicted octanol–water partition coefficient (Wildman–Crippen LogP) is 3.97. The van der Waals surface area contributed by atoms with Crippen LogP contribution < -0.4 is 0 Å². The maximum absolute atomic E-state index is 12.1. The van der Waals surface area contributed by atoms with E-state index in [1.165, 1.54) is 13.8 Å². The van der Waals surface area contributed by atoms with Crippen molar-refractivity contribution in [3.05, 3.63) is 70.3 Å². The zero-order valence-corrected chi connectivity index (χ0v) is 23.7. The molecule has 2 bridgehead atoms. The molecular weight excluding hydrogens is 516 g/mol. The van der Waals surface area contributed by atoms with Crippen molar-refractivity contribution in [1.29, 1.82) is 0 Å². The van der Waals surface area contributed by atoms with Gasteiger partial charge in [-0.15, -0.1) is 0 Å². The Balaban J connectivity index is 1.64. The largest absolute Gasteiger partial charge is 0.481 e. The van der Waals surface area contributed by atoms with Crippen molar-refractivity contribution in [1.82, 2.24) is 0 Å². The van der Waals surface area contributed by atoms with Gasteiger partial charge in [0.1, 0.15) is 6.10 Å². The number of aryl methyl sites for hydroxylation is 2. The van der Waals surface area contributed by atoms with Gasteiger partial charge in [-0.1, -0.05) is 36.4 Å². The Morgan fingerprint density at radius 1 is 1.02 bits per heavy atom. The van der Waals surface area contributed by atoms with Crippen LogP contribution in [0.15, 0.2) is 42.5 Å². The van der Waals surface area contributed by atoms with Gasteiger partial charge in [-0.05, 0) is 68.4 Å². The number of fused-ring (bicyclic) bond motifs is 2. The Bertz CT molecular complexity index is 1260. The number of carboxylic acid groups (broad SMARTS) is 1. The van der Waals surface area contributed by atoms with Crippen molar-refractivity contribution in [3.63, 3.8) is 0 Å². The number of ether oxygens (including phenoxy) is 4. The Morgan fingerprint density at radius 2 is 1.68 bits per heavy atom. The van der Waals surface area contributed by atoms with Crippen molar-refractivity contribution >= 4 is 17.9 Å². The predicted molar refractivity (Wildman–Crippen MR) is 144 cm³/mol. The summed E-state index contributed by atoms with van der Waals surface area (Å²) in [5, 5.41) is 20.1. The maximum Gasteiger partial charge on any atom is 0.303 e. The minimum absolute atomic E-state index is 0.0707. The first-order valence-electron chi connectivity index (χ1n) is 13.6. The van der Waals surface area contributed by atoms with Gasteiger partial charge in [-0.2, -0.15) is 0 Å². The van der Waals surface area contributed by atoms with E-state index in [-0.39, 0.29) is 19.4 Å². The molecule has 0 amide bonds.